The second-order valence-corrected chi connectivity index (χ2v) is 6.21. The molecule has 6 nitrogen and oxygen atoms in total. The third-order valence-electron chi connectivity index (χ3n) is 4.30. The number of carbonyl (C=O) groups is 2. The molecule has 0 unspecified atom stereocenters. The lowest BCUT2D eigenvalue weighted by Gasteiger charge is -2.16. The highest BCUT2D eigenvalue weighted by Gasteiger charge is 2.20. The van der Waals surface area contributed by atoms with Gasteiger partial charge in [0.05, 0.1) is 18.8 Å². The predicted octanol–water partition coefficient (Wildman–Crippen LogP) is 3.05. The molecule has 0 aromatic heterocycles. The van der Waals surface area contributed by atoms with Crippen molar-refractivity contribution in [3.05, 3.63) is 59.2 Å². The number of benzene rings is 2. The zero-order valence-corrected chi connectivity index (χ0v) is 14.6. The molecule has 0 fully saturated rings. The molecule has 0 radical (unpaired) electrons. The van der Waals surface area contributed by atoms with Gasteiger partial charge in [-0.05, 0) is 30.3 Å². The fraction of sp³-hybridized carbons (Fsp3) is 0.238. The van der Waals surface area contributed by atoms with Crippen molar-refractivity contribution in [3.63, 3.8) is 0 Å². The van der Waals surface area contributed by atoms with Crippen molar-refractivity contribution in [1.29, 1.82) is 0 Å². The zero-order valence-electron chi connectivity index (χ0n) is 14.6. The normalized spacial score (nSPS) is 14.9. The Morgan fingerprint density at radius 3 is 2.63 bits per heavy atom. The third-order valence-corrected chi connectivity index (χ3v) is 4.30. The van der Waals surface area contributed by atoms with Crippen molar-refractivity contribution in [1.82, 2.24) is 0 Å². The topological polar surface area (TPSA) is 71.1 Å². The fourth-order valence-electron chi connectivity index (χ4n) is 2.88. The highest BCUT2D eigenvalue weighted by Crippen LogP contribution is 2.30. The van der Waals surface area contributed by atoms with Gasteiger partial charge in [0.15, 0.2) is 23.9 Å². The third kappa shape index (κ3) is 3.79. The average molecular weight is 366 g/mol. The highest BCUT2D eigenvalue weighted by molar-refractivity contribution is 6.01. The molecule has 0 amide bonds. The molecule has 27 heavy (non-hydrogen) atoms. The maximum Gasteiger partial charge on any atom is 0.337 e. The summed E-state index contributed by atoms with van der Waals surface area (Å²) in [5, 5.41) is 0. The summed E-state index contributed by atoms with van der Waals surface area (Å²) in [4.78, 5) is 24.6. The average Bonchev–Trinajstić information content (AvgIpc) is 2.96. The van der Waals surface area contributed by atoms with Crippen molar-refractivity contribution in [2.24, 2.45) is 0 Å². The first-order valence-electron chi connectivity index (χ1n) is 8.73. The Morgan fingerprint density at radius 1 is 0.926 bits per heavy atom. The molecule has 0 atom stereocenters. The van der Waals surface area contributed by atoms with E-state index in [9.17, 15) is 9.59 Å². The van der Waals surface area contributed by atoms with Crippen LogP contribution in [0.25, 0.3) is 6.08 Å². The molecule has 2 heterocycles. The van der Waals surface area contributed by atoms with Crippen LogP contribution in [0.5, 0.6) is 17.2 Å². The Kier molecular flexibility index (Phi) is 4.78. The van der Waals surface area contributed by atoms with Crippen LogP contribution in [0.1, 0.15) is 22.3 Å². The number of rotatable bonds is 4. The lowest BCUT2D eigenvalue weighted by molar-refractivity contribution is -0.138. The van der Waals surface area contributed by atoms with Gasteiger partial charge in [0.2, 0.25) is 0 Å². The Morgan fingerprint density at radius 2 is 1.74 bits per heavy atom. The smallest absolute Gasteiger partial charge is 0.337 e. The lowest BCUT2D eigenvalue weighted by Crippen LogP contribution is -2.20. The van der Waals surface area contributed by atoms with Gasteiger partial charge in [-0.3, -0.25) is 4.79 Å². The quantitative estimate of drug-likeness (QED) is 0.612. The molecule has 0 saturated heterocycles. The fourth-order valence-corrected chi connectivity index (χ4v) is 2.88. The van der Waals surface area contributed by atoms with Gasteiger partial charge < -0.3 is 18.9 Å². The SMILES string of the molecule is O=C(OCC(=O)c1ccc2c(c1)OCCCO2)C1=Cc2ccccc2OC1. The second-order valence-electron chi connectivity index (χ2n) is 6.21. The van der Waals surface area contributed by atoms with Crippen molar-refractivity contribution in [2.45, 2.75) is 6.42 Å². The maximum absolute atomic E-state index is 12.4. The van der Waals surface area contributed by atoms with Crippen LogP contribution in [-0.4, -0.2) is 38.2 Å². The van der Waals surface area contributed by atoms with Gasteiger partial charge in [0.1, 0.15) is 12.4 Å². The van der Waals surface area contributed by atoms with Crippen molar-refractivity contribution in [2.75, 3.05) is 26.4 Å². The van der Waals surface area contributed by atoms with E-state index in [0.29, 0.717) is 35.8 Å². The van der Waals surface area contributed by atoms with E-state index in [1.807, 2.05) is 24.3 Å². The van der Waals surface area contributed by atoms with E-state index in [4.69, 9.17) is 18.9 Å². The molecule has 6 heteroatoms. The van der Waals surface area contributed by atoms with Crippen molar-refractivity contribution >= 4 is 17.8 Å². The molecule has 2 aliphatic rings. The summed E-state index contributed by atoms with van der Waals surface area (Å²) in [6.45, 7) is 0.888. The summed E-state index contributed by atoms with van der Waals surface area (Å²) >= 11 is 0. The van der Waals surface area contributed by atoms with Crippen molar-refractivity contribution in [3.8, 4) is 17.2 Å². The Balaban J connectivity index is 1.40. The first kappa shape index (κ1) is 17.1. The Hall–Kier alpha value is -3.28. The molecule has 2 aromatic carbocycles. The Labute approximate surface area is 156 Å². The van der Waals surface area contributed by atoms with Gasteiger partial charge in [0.25, 0.3) is 0 Å². The Bertz CT molecular complexity index is 915. The van der Waals surface area contributed by atoms with E-state index in [1.165, 1.54) is 0 Å². The van der Waals surface area contributed by atoms with Gasteiger partial charge in [0, 0.05) is 17.5 Å². The largest absolute Gasteiger partial charge is 0.490 e. The van der Waals surface area contributed by atoms with Gasteiger partial charge in [-0.1, -0.05) is 18.2 Å². The number of fused-ring (bicyclic) bond motifs is 2. The lowest BCUT2D eigenvalue weighted by atomic mass is 10.1. The minimum atomic E-state index is -0.563. The van der Waals surface area contributed by atoms with Crippen LogP contribution in [0.2, 0.25) is 0 Å². The minimum absolute atomic E-state index is 0.119. The van der Waals surface area contributed by atoms with E-state index >= 15 is 0 Å². The summed E-state index contributed by atoms with van der Waals surface area (Å²) < 4.78 is 21.8. The molecule has 0 aliphatic carbocycles. The van der Waals surface area contributed by atoms with Gasteiger partial charge in [-0.15, -0.1) is 0 Å². The molecule has 0 saturated carbocycles. The van der Waals surface area contributed by atoms with E-state index < -0.39 is 5.97 Å². The summed E-state index contributed by atoms with van der Waals surface area (Å²) in [6.07, 6.45) is 2.51. The first-order chi connectivity index (χ1) is 13.2. The predicted molar refractivity (Wildman–Crippen MR) is 97.3 cm³/mol. The number of Topliss-reactive ketones (excluding diaryl/α,β-unsaturated/α-hetero) is 1. The standard InChI is InChI=1S/C21H18O6/c22-17(14-6-7-19-20(11-14)25-9-3-8-24-19)13-27-21(23)16-10-15-4-1-2-5-18(15)26-12-16/h1-2,4-7,10-11H,3,8-9,12-13H2. The second kappa shape index (κ2) is 7.53. The monoisotopic (exact) mass is 366 g/mol. The molecule has 2 aromatic rings. The van der Waals surface area contributed by atoms with E-state index in [2.05, 4.69) is 0 Å². The molecular weight excluding hydrogens is 348 g/mol. The molecule has 138 valence electrons. The van der Waals surface area contributed by atoms with Crippen LogP contribution in [0.3, 0.4) is 0 Å². The summed E-state index contributed by atoms with van der Waals surface area (Å²) in [6, 6.07) is 12.4. The number of carbonyl (C=O) groups excluding carboxylic acids is 2. The van der Waals surface area contributed by atoms with Crippen LogP contribution in [0.4, 0.5) is 0 Å². The molecule has 0 N–H and O–H groups in total. The van der Waals surface area contributed by atoms with E-state index in [-0.39, 0.29) is 19.0 Å². The van der Waals surface area contributed by atoms with E-state index in [0.717, 1.165) is 17.7 Å². The zero-order chi connectivity index (χ0) is 18.6. The summed E-state index contributed by atoms with van der Waals surface area (Å²) in [7, 11) is 0. The van der Waals surface area contributed by atoms with Gasteiger partial charge in [-0.2, -0.15) is 0 Å². The number of ether oxygens (including phenoxy) is 4. The van der Waals surface area contributed by atoms with Crippen LogP contribution >= 0.6 is 0 Å². The van der Waals surface area contributed by atoms with Crippen LogP contribution in [0, 0.1) is 0 Å². The number of hydrogen-bond donors (Lipinski definition) is 0. The highest BCUT2D eigenvalue weighted by atomic mass is 16.5. The van der Waals surface area contributed by atoms with Crippen LogP contribution < -0.4 is 14.2 Å². The van der Waals surface area contributed by atoms with Crippen LogP contribution in [0.15, 0.2) is 48.0 Å². The van der Waals surface area contributed by atoms with Crippen LogP contribution in [-0.2, 0) is 9.53 Å². The molecule has 2 aliphatic heterocycles. The molecule has 0 spiro atoms. The van der Waals surface area contributed by atoms with Gasteiger partial charge >= 0.3 is 5.97 Å². The molecule has 0 bridgehead atoms. The number of hydrogen-bond acceptors (Lipinski definition) is 6. The molecule has 4 rings (SSSR count). The first-order valence-corrected chi connectivity index (χ1v) is 8.73. The molecular formula is C21H18O6. The van der Waals surface area contributed by atoms with Gasteiger partial charge in [-0.25, -0.2) is 4.79 Å². The maximum atomic E-state index is 12.4. The summed E-state index contributed by atoms with van der Waals surface area (Å²) in [5.41, 5.74) is 1.59. The number of para-hydroxylation sites is 1. The summed E-state index contributed by atoms with van der Waals surface area (Å²) in [5.74, 6) is 0.995. The number of esters is 1. The number of ketones is 1. The van der Waals surface area contributed by atoms with E-state index in [1.54, 1.807) is 24.3 Å². The van der Waals surface area contributed by atoms with Crippen molar-refractivity contribution < 1.29 is 28.5 Å². The minimum Gasteiger partial charge on any atom is -0.490 e.